The molecule has 1 atom stereocenters. The molecule has 0 bridgehead atoms. The fourth-order valence-corrected chi connectivity index (χ4v) is 5.12. The minimum Gasteiger partial charge on any atom is -0.436 e. The Morgan fingerprint density at radius 2 is 1.86 bits per heavy atom. The van der Waals surface area contributed by atoms with E-state index in [1.165, 1.54) is 16.7 Å². The van der Waals surface area contributed by atoms with Gasteiger partial charge in [-0.3, -0.25) is 18.8 Å². The highest BCUT2D eigenvalue weighted by atomic mass is 35.5. The lowest BCUT2D eigenvalue weighted by molar-refractivity contribution is 0.0977. The van der Waals surface area contributed by atoms with Crippen molar-refractivity contribution in [3.8, 4) is 23.0 Å². The zero-order valence-corrected chi connectivity index (χ0v) is 25.4. The normalized spacial score (nSPS) is 12.2. The Bertz CT molecular complexity index is 2040. The summed E-state index contributed by atoms with van der Waals surface area (Å²) in [6, 6.07) is 9.59. The number of sulfonamides is 1. The Hall–Kier alpha value is -4.82. The van der Waals surface area contributed by atoms with Gasteiger partial charge in [0.05, 0.1) is 41.3 Å². The van der Waals surface area contributed by atoms with E-state index in [1.54, 1.807) is 55.6 Å². The molecular formula is C28H27ClN8O5S. The number of hydrogen-bond donors (Lipinski definition) is 2. The van der Waals surface area contributed by atoms with E-state index in [9.17, 15) is 18.0 Å². The number of halogens is 1. The standard InChI is InChI=1S/C28H27ClN8O5S/c1-15-10-19(16(2)32-21-7-8-22(29)33-25(21)27(38)35-43(5,40)41)24-20(11-15)28(39)37(4)26(34-24)17-6-9-23(30-12-17)42-18-13-31-36(3)14-18/h6-14,16,32H,1-5H3,(H,35,38)/t16-/m1/s1. The molecule has 13 nitrogen and oxygen atoms in total. The first kappa shape index (κ1) is 29.7. The Kier molecular flexibility index (Phi) is 7.90. The number of fused-ring (bicyclic) bond motifs is 1. The number of aryl methyl sites for hydroxylation is 2. The number of carbonyl (C=O) groups excluding carboxylic acids is 1. The molecule has 0 aliphatic carbocycles. The molecular weight excluding hydrogens is 596 g/mol. The van der Waals surface area contributed by atoms with Gasteiger partial charge in [-0.2, -0.15) is 5.10 Å². The van der Waals surface area contributed by atoms with Gasteiger partial charge >= 0.3 is 0 Å². The number of anilines is 1. The first-order chi connectivity index (χ1) is 20.3. The molecule has 4 aromatic heterocycles. The highest BCUT2D eigenvalue weighted by Gasteiger charge is 2.22. The largest absolute Gasteiger partial charge is 0.436 e. The van der Waals surface area contributed by atoms with Crippen molar-refractivity contribution >= 4 is 44.1 Å². The molecule has 43 heavy (non-hydrogen) atoms. The van der Waals surface area contributed by atoms with Gasteiger partial charge in [0.25, 0.3) is 11.5 Å². The topological polar surface area (TPSA) is 163 Å². The van der Waals surface area contributed by atoms with Crippen molar-refractivity contribution in [2.45, 2.75) is 19.9 Å². The predicted octanol–water partition coefficient (Wildman–Crippen LogP) is 3.74. The molecule has 0 fully saturated rings. The van der Waals surface area contributed by atoms with Crippen LogP contribution < -0.4 is 20.3 Å². The molecule has 5 rings (SSSR count). The SMILES string of the molecule is Cc1cc([C@@H](C)Nc2ccc(Cl)nc2C(=O)NS(C)(=O)=O)c2nc(-c3ccc(Oc4cnn(C)c4)nc3)n(C)c(=O)c2c1. The third kappa shape index (κ3) is 6.49. The zero-order chi connectivity index (χ0) is 31.1. The van der Waals surface area contributed by atoms with E-state index in [4.69, 9.17) is 21.3 Å². The van der Waals surface area contributed by atoms with E-state index in [0.717, 1.165) is 11.8 Å². The molecule has 0 unspecified atom stereocenters. The van der Waals surface area contributed by atoms with E-state index in [1.807, 2.05) is 24.6 Å². The molecule has 0 radical (unpaired) electrons. The van der Waals surface area contributed by atoms with E-state index < -0.39 is 22.0 Å². The van der Waals surface area contributed by atoms with Crippen LogP contribution in [0.1, 0.15) is 34.6 Å². The summed E-state index contributed by atoms with van der Waals surface area (Å²) in [5.74, 6) is 0.334. The second kappa shape index (κ2) is 11.5. The van der Waals surface area contributed by atoms with Crippen LogP contribution in [0.2, 0.25) is 5.15 Å². The Morgan fingerprint density at radius 3 is 2.51 bits per heavy atom. The number of pyridine rings is 2. The maximum absolute atomic E-state index is 13.5. The molecule has 4 heterocycles. The van der Waals surface area contributed by atoms with Gasteiger partial charge in [0.1, 0.15) is 11.0 Å². The maximum Gasteiger partial charge on any atom is 0.285 e. The van der Waals surface area contributed by atoms with Gasteiger partial charge in [-0.1, -0.05) is 17.7 Å². The number of nitrogens with one attached hydrogen (secondary N) is 2. The molecule has 0 aliphatic heterocycles. The molecule has 222 valence electrons. The molecule has 5 aromatic rings. The van der Waals surface area contributed by atoms with Crippen molar-refractivity contribution in [2.75, 3.05) is 11.6 Å². The van der Waals surface area contributed by atoms with Gasteiger partial charge in [-0.25, -0.2) is 28.1 Å². The van der Waals surface area contributed by atoms with E-state index in [2.05, 4.69) is 20.4 Å². The van der Waals surface area contributed by atoms with Crippen LogP contribution in [0.5, 0.6) is 11.6 Å². The maximum atomic E-state index is 13.5. The molecule has 1 amide bonds. The van der Waals surface area contributed by atoms with Crippen LogP contribution in [-0.2, 0) is 24.1 Å². The van der Waals surface area contributed by atoms with Crippen LogP contribution in [0.4, 0.5) is 5.69 Å². The third-order valence-electron chi connectivity index (χ3n) is 6.45. The summed E-state index contributed by atoms with van der Waals surface area (Å²) in [6.07, 6.45) is 5.72. The van der Waals surface area contributed by atoms with Gasteiger partial charge in [0, 0.05) is 37.5 Å². The summed E-state index contributed by atoms with van der Waals surface area (Å²) >= 11 is 6.01. The fraction of sp³-hybridized carbons (Fsp3) is 0.214. The number of rotatable bonds is 8. The Balaban J connectivity index is 1.54. The monoisotopic (exact) mass is 622 g/mol. The third-order valence-corrected chi connectivity index (χ3v) is 7.21. The summed E-state index contributed by atoms with van der Waals surface area (Å²) < 4.78 is 34.1. The van der Waals surface area contributed by atoms with E-state index in [0.29, 0.717) is 39.5 Å². The second-order valence-electron chi connectivity index (χ2n) is 9.99. The van der Waals surface area contributed by atoms with E-state index >= 15 is 0 Å². The summed E-state index contributed by atoms with van der Waals surface area (Å²) in [5.41, 5.74) is 2.32. The average Bonchev–Trinajstić information content (AvgIpc) is 3.35. The minimum atomic E-state index is -3.85. The number of hydrogen-bond acceptors (Lipinski definition) is 10. The van der Waals surface area contributed by atoms with Gasteiger partial charge < -0.3 is 10.1 Å². The van der Waals surface area contributed by atoms with Crippen LogP contribution in [0.3, 0.4) is 0 Å². The summed E-state index contributed by atoms with van der Waals surface area (Å²) in [5, 5.41) is 7.69. The molecule has 0 spiro atoms. The number of nitrogens with zero attached hydrogens (tertiary/aromatic N) is 6. The summed E-state index contributed by atoms with van der Waals surface area (Å²) in [4.78, 5) is 39.5. The smallest absolute Gasteiger partial charge is 0.285 e. The molecule has 0 saturated heterocycles. The lowest BCUT2D eigenvalue weighted by atomic mass is 10.0. The lowest BCUT2D eigenvalue weighted by Gasteiger charge is -2.20. The highest BCUT2D eigenvalue weighted by molar-refractivity contribution is 7.89. The quantitative estimate of drug-likeness (QED) is 0.244. The average molecular weight is 623 g/mol. The molecule has 2 N–H and O–H groups in total. The summed E-state index contributed by atoms with van der Waals surface area (Å²) in [7, 11) is -0.429. The zero-order valence-electron chi connectivity index (χ0n) is 23.8. The van der Waals surface area contributed by atoms with E-state index in [-0.39, 0.29) is 22.1 Å². The van der Waals surface area contributed by atoms with Crippen LogP contribution in [0.25, 0.3) is 22.3 Å². The number of carbonyl (C=O) groups is 1. The van der Waals surface area contributed by atoms with Crippen molar-refractivity contribution in [1.82, 2.24) is 34.0 Å². The number of ether oxygens (including phenoxy) is 1. The highest BCUT2D eigenvalue weighted by Crippen LogP contribution is 2.30. The van der Waals surface area contributed by atoms with Crippen molar-refractivity contribution in [2.24, 2.45) is 14.1 Å². The number of benzene rings is 1. The molecule has 15 heteroatoms. The van der Waals surface area contributed by atoms with Crippen molar-refractivity contribution < 1.29 is 17.9 Å². The number of amides is 1. The predicted molar refractivity (Wildman–Crippen MR) is 162 cm³/mol. The molecule has 0 aliphatic rings. The van der Waals surface area contributed by atoms with Crippen LogP contribution >= 0.6 is 11.6 Å². The van der Waals surface area contributed by atoms with Crippen molar-refractivity contribution in [3.63, 3.8) is 0 Å². The molecule has 0 saturated carbocycles. The Labute approximate surface area is 251 Å². The van der Waals surface area contributed by atoms with Crippen LogP contribution in [0.15, 0.2) is 59.8 Å². The Morgan fingerprint density at radius 1 is 1.09 bits per heavy atom. The second-order valence-corrected chi connectivity index (χ2v) is 12.1. The van der Waals surface area contributed by atoms with Gasteiger partial charge in [0.2, 0.25) is 15.9 Å². The van der Waals surface area contributed by atoms with Gasteiger partial charge in [0.15, 0.2) is 11.4 Å². The van der Waals surface area contributed by atoms with Crippen LogP contribution in [0, 0.1) is 6.92 Å². The summed E-state index contributed by atoms with van der Waals surface area (Å²) in [6.45, 7) is 3.69. The van der Waals surface area contributed by atoms with Crippen molar-refractivity contribution in [3.05, 3.63) is 87.3 Å². The van der Waals surface area contributed by atoms with Gasteiger partial charge in [-0.15, -0.1) is 0 Å². The lowest BCUT2D eigenvalue weighted by Crippen LogP contribution is -2.31. The molecule has 1 aromatic carbocycles. The minimum absolute atomic E-state index is 0.0122. The van der Waals surface area contributed by atoms with Gasteiger partial charge in [-0.05, 0) is 43.7 Å². The van der Waals surface area contributed by atoms with Crippen molar-refractivity contribution in [1.29, 1.82) is 0 Å². The van der Waals surface area contributed by atoms with Crippen LogP contribution in [-0.4, -0.2) is 49.9 Å². The number of aromatic nitrogens is 6. The first-order valence-corrected chi connectivity index (χ1v) is 15.2. The first-order valence-electron chi connectivity index (χ1n) is 12.9. The fourth-order valence-electron chi connectivity index (χ4n) is 4.54.